The van der Waals surface area contributed by atoms with E-state index in [-0.39, 0.29) is 32.7 Å². The number of halogens is 1. The molecule has 4 rings (SSSR count). The standard InChI is InChI=1S/C25H27ClN6O4S/c1-15-10-16(24(33)32-25(27)28)12-21-22(15)36-23-17(14-37(21,34)35)11-19(13-20(23)26)31-9-8-29-7-5-18-4-2-3-6-30-18/h2-4,6,10-13,29,31H,5,7-9,14H2,1H3,(H4,27,28,32,33). The van der Waals surface area contributed by atoms with Gasteiger partial charge in [0.25, 0.3) is 5.91 Å². The molecule has 0 atom stereocenters. The van der Waals surface area contributed by atoms with E-state index in [4.69, 9.17) is 27.8 Å². The molecule has 1 aromatic heterocycles. The molecule has 12 heteroatoms. The van der Waals surface area contributed by atoms with Crippen molar-refractivity contribution in [2.45, 2.75) is 24.0 Å². The summed E-state index contributed by atoms with van der Waals surface area (Å²) in [5.41, 5.74) is 13.1. The zero-order chi connectivity index (χ0) is 26.6. The summed E-state index contributed by atoms with van der Waals surface area (Å²) in [4.78, 5) is 20.0. The van der Waals surface area contributed by atoms with Crippen LogP contribution < -0.4 is 26.8 Å². The van der Waals surface area contributed by atoms with E-state index in [9.17, 15) is 13.2 Å². The van der Waals surface area contributed by atoms with Gasteiger partial charge in [-0.05, 0) is 48.9 Å². The fourth-order valence-electron chi connectivity index (χ4n) is 3.95. The molecule has 0 saturated carbocycles. The quantitative estimate of drug-likeness (QED) is 0.190. The van der Waals surface area contributed by atoms with E-state index in [2.05, 4.69) is 20.6 Å². The number of nitrogens with two attached hydrogens (primary N) is 2. The van der Waals surface area contributed by atoms with Crippen LogP contribution in [-0.4, -0.2) is 44.9 Å². The van der Waals surface area contributed by atoms with Crippen LogP contribution in [0.4, 0.5) is 5.69 Å². The van der Waals surface area contributed by atoms with Crippen LogP contribution in [0.15, 0.2) is 58.5 Å². The van der Waals surface area contributed by atoms with Crippen LogP contribution in [0.1, 0.15) is 27.2 Å². The number of hydrogen-bond acceptors (Lipinski definition) is 7. The van der Waals surface area contributed by atoms with Crippen molar-refractivity contribution in [1.82, 2.24) is 10.3 Å². The Balaban J connectivity index is 1.48. The van der Waals surface area contributed by atoms with Crippen LogP contribution in [0.5, 0.6) is 11.5 Å². The Morgan fingerprint density at radius 3 is 2.68 bits per heavy atom. The highest BCUT2D eigenvalue weighted by atomic mass is 35.5. The first kappa shape index (κ1) is 26.4. The normalized spacial score (nSPS) is 13.5. The molecule has 0 fully saturated rings. The Labute approximate surface area is 220 Å². The fourth-order valence-corrected chi connectivity index (χ4v) is 5.80. The highest BCUT2D eigenvalue weighted by Crippen LogP contribution is 2.44. The predicted octanol–water partition coefficient (Wildman–Crippen LogP) is 2.78. The second kappa shape index (κ2) is 11.2. The van der Waals surface area contributed by atoms with Gasteiger partial charge in [-0.2, -0.15) is 4.99 Å². The van der Waals surface area contributed by atoms with Gasteiger partial charge in [-0.15, -0.1) is 0 Å². The number of sulfone groups is 1. The molecule has 2 heterocycles. The highest BCUT2D eigenvalue weighted by molar-refractivity contribution is 7.90. The number of nitrogens with zero attached hydrogens (tertiary/aromatic N) is 2. The predicted molar refractivity (Wildman–Crippen MR) is 143 cm³/mol. The van der Waals surface area contributed by atoms with Crippen molar-refractivity contribution in [3.63, 3.8) is 0 Å². The van der Waals surface area contributed by atoms with E-state index in [0.717, 1.165) is 18.7 Å². The second-order valence-corrected chi connectivity index (χ2v) is 10.9. The lowest BCUT2D eigenvalue weighted by atomic mass is 10.1. The Morgan fingerprint density at radius 2 is 1.95 bits per heavy atom. The van der Waals surface area contributed by atoms with Gasteiger partial charge in [0, 0.05) is 54.8 Å². The molecule has 6 N–H and O–H groups in total. The summed E-state index contributed by atoms with van der Waals surface area (Å²) in [6.07, 6.45) is 2.59. The smallest absolute Gasteiger partial charge is 0.280 e. The van der Waals surface area contributed by atoms with E-state index in [1.807, 2.05) is 18.2 Å². The van der Waals surface area contributed by atoms with Gasteiger partial charge in [0.05, 0.1) is 10.8 Å². The van der Waals surface area contributed by atoms with Crippen molar-refractivity contribution < 1.29 is 17.9 Å². The first-order valence-electron chi connectivity index (χ1n) is 11.5. The first-order chi connectivity index (χ1) is 17.6. The SMILES string of the molecule is Cc1cc(C(=O)N=C(N)N)cc2c1Oc1c(Cl)cc(NCCNCCc3ccccn3)cc1CS2(=O)=O. The number of aromatic nitrogens is 1. The molecule has 0 spiro atoms. The maximum atomic E-state index is 13.3. The van der Waals surface area contributed by atoms with Crippen LogP contribution in [0.2, 0.25) is 5.02 Å². The zero-order valence-corrected chi connectivity index (χ0v) is 21.7. The number of fused-ring (bicyclic) bond motifs is 2. The summed E-state index contributed by atoms with van der Waals surface area (Å²) in [6, 6.07) is 11.9. The molecule has 1 aliphatic heterocycles. The largest absolute Gasteiger partial charge is 0.454 e. The van der Waals surface area contributed by atoms with Crippen molar-refractivity contribution in [1.29, 1.82) is 0 Å². The van der Waals surface area contributed by atoms with Gasteiger partial charge in [-0.25, -0.2) is 8.42 Å². The third-order valence-corrected chi connectivity index (χ3v) is 7.58. The van der Waals surface area contributed by atoms with Gasteiger partial charge < -0.3 is 26.8 Å². The van der Waals surface area contributed by atoms with Crippen molar-refractivity contribution in [2.75, 3.05) is 25.0 Å². The van der Waals surface area contributed by atoms with Crippen LogP contribution >= 0.6 is 11.6 Å². The van der Waals surface area contributed by atoms with Gasteiger partial charge in [0.15, 0.2) is 15.8 Å². The lowest BCUT2D eigenvalue weighted by molar-refractivity contribution is 0.100. The van der Waals surface area contributed by atoms with Crippen LogP contribution in [0.3, 0.4) is 0 Å². The van der Waals surface area contributed by atoms with Crippen molar-refractivity contribution >= 4 is 39.0 Å². The number of nitrogens with one attached hydrogen (secondary N) is 2. The number of benzene rings is 2. The molecule has 0 aliphatic carbocycles. The summed E-state index contributed by atoms with van der Waals surface area (Å²) < 4.78 is 32.7. The summed E-state index contributed by atoms with van der Waals surface area (Å²) in [7, 11) is -3.88. The monoisotopic (exact) mass is 542 g/mol. The van der Waals surface area contributed by atoms with Gasteiger partial charge in [0.2, 0.25) is 0 Å². The molecular formula is C25H27ClN6O4S. The van der Waals surface area contributed by atoms with E-state index >= 15 is 0 Å². The summed E-state index contributed by atoms with van der Waals surface area (Å²) >= 11 is 6.52. The van der Waals surface area contributed by atoms with Crippen molar-refractivity contribution in [2.24, 2.45) is 16.5 Å². The number of aliphatic imine (C=N–C) groups is 1. The number of hydrogen-bond donors (Lipinski definition) is 4. The maximum absolute atomic E-state index is 13.3. The van der Waals surface area contributed by atoms with E-state index in [1.54, 1.807) is 25.3 Å². The Kier molecular flexibility index (Phi) is 7.96. The zero-order valence-electron chi connectivity index (χ0n) is 20.1. The molecule has 0 saturated heterocycles. The van der Waals surface area contributed by atoms with Gasteiger partial charge in [0.1, 0.15) is 16.4 Å². The molecule has 0 bridgehead atoms. The second-order valence-electron chi connectivity index (χ2n) is 8.52. The van der Waals surface area contributed by atoms with E-state index < -0.39 is 21.7 Å². The Bertz CT molecular complexity index is 1460. The number of carbonyl (C=O) groups is 1. The summed E-state index contributed by atoms with van der Waals surface area (Å²) in [5, 5.41) is 6.87. The molecule has 1 amide bonds. The summed E-state index contributed by atoms with van der Waals surface area (Å²) in [6.45, 7) is 3.70. The lowest BCUT2D eigenvalue weighted by Crippen LogP contribution is -2.24. The number of pyridine rings is 1. The molecule has 3 aromatic rings. The molecule has 10 nitrogen and oxygen atoms in total. The number of carbonyl (C=O) groups excluding carboxylic acids is 1. The van der Waals surface area contributed by atoms with Crippen LogP contribution in [0.25, 0.3) is 0 Å². The fraction of sp³-hybridized carbons (Fsp3) is 0.240. The minimum atomic E-state index is -3.88. The summed E-state index contributed by atoms with van der Waals surface area (Å²) in [5.74, 6) is -1.15. The van der Waals surface area contributed by atoms with Crippen molar-refractivity contribution in [3.05, 3.63) is 76.1 Å². The van der Waals surface area contributed by atoms with Gasteiger partial charge in [-0.3, -0.25) is 9.78 Å². The number of amides is 1. The molecular weight excluding hydrogens is 516 g/mol. The third-order valence-electron chi connectivity index (χ3n) is 5.64. The topological polar surface area (TPSA) is 162 Å². The molecule has 37 heavy (non-hydrogen) atoms. The Hall–Kier alpha value is -3.67. The third kappa shape index (κ3) is 6.37. The average Bonchev–Trinajstić information content (AvgIpc) is 2.95. The maximum Gasteiger partial charge on any atom is 0.280 e. The molecule has 1 aliphatic rings. The van der Waals surface area contributed by atoms with E-state index in [1.165, 1.54) is 12.1 Å². The molecule has 0 unspecified atom stereocenters. The number of rotatable bonds is 8. The van der Waals surface area contributed by atoms with Gasteiger partial charge >= 0.3 is 0 Å². The van der Waals surface area contributed by atoms with Crippen LogP contribution in [0, 0.1) is 6.92 Å². The van der Waals surface area contributed by atoms with Gasteiger partial charge in [-0.1, -0.05) is 17.7 Å². The minimum Gasteiger partial charge on any atom is -0.454 e. The molecule has 194 valence electrons. The number of anilines is 1. The molecule has 0 radical (unpaired) electrons. The van der Waals surface area contributed by atoms with E-state index in [0.29, 0.717) is 29.9 Å². The van der Waals surface area contributed by atoms with Crippen molar-refractivity contribution in [3.8, 4) is 11.5 Å². The number of guanidine groups is 1. The number of aryl methyl sites for hydroxylation is 1. The van der Waals surface area contributed by atoms with Crippen LogP contribution in [-0.2, 0) is 22.0 Å². The Morgan fingerprint density at radius 1 is 1.14 bits per heavy atom. The average molecular weight is 543 g/mol. The minimum absolute atomic E-state index is 0.0341. The first-order valence-corrected chi connectivity index (χ1v) is 13.5. The highest BCUT2D eigenvalue weighted by Gasteiger charge is 2.31. The number of ether oxygens (including phenoxy) is 1. The lowest BCUT2D eigenvalue weighted by Gasteiger charge is -2.15. The molecule has 2 aromatic carbocycles.